The summed E-state index contributed by atoms with van der Waals surface area (Å²) in [6.07, 6.45) is 1.77. The van der Waals surface area contributed by atoms with Gasteiger partial charge in [0, 0.05) is 0 Å². The molecule has 0 radical (unpaired) electrons. The fourth-order valence-electron chi connectivity index (χ4n) is 2.22. The molecular formula is C14H20O2. The van der Waals surface area contributed by atoms with Gasteiger partial charge < -0.3 is 9.84 Å². The van der Waals surface area contributed by atoms with Crippen LogP contribution in [0.2, 0.25) is 0 Å². The average Bonchev–Trinajstić information content (AvgIpc) is 2.96. The monoisotopic (exact) mass is 220 g/mol. The standard InChI is InChI=1S/C14H20O2/c1-9(2)11-8-12(14(15)5-6-14)10(3)7-13(11)16-4/h7-9,15H,5-6H2,1-4H3. The second kappa shape index (κ2) is 3.77. The molecule has 1 aromatic rings. The van der Waals surface area contributed by atoms with Crippen LogP contribution in [0.15, 0.2) is 12.1 Å². The summed E-state index contributed by atoms with van der Waals surface area (Å²) in [5, 5.41) is 10.2. The molecule has 1 N–H and O–H groups in total. The summed E-state index contributed by atoms with van der Waals surface area (Å²) in [7, 11) is 1.70. The molecule has 16 heavy (non-hydrogen) atoms. The molecule has 0 bridgehead atoms. The molecule has 2 heteroatoms. The van der Waals surface area contributed by atoms with Gasteiger partial charge in [0.15, 0.2) is 0 Å². The Hall–Kier alpha value is -1.02. The van der Waals surface area contributed by atoms with Crippen molar-refractivity contribution in [1.82, 2.24) is 0 Å². The van der Waals surface area contributed by atoms with E-state index < -0.39 is 5.60 Å². The first-order chi connectivity index (χ1) is 7.48. The van der Waals surface area contributed by atoms with Crippen LogP contribution in [-0.4, -0.2) is 12.2 Å². The van der Waals surface area contributed by atoms with Crippen molar-refractivity contribution in [2.24, 2.45) is 0 Å². The number of benzene rings is 1. The maximum absolute atomic E-state index is 10.2. The van der Waals surface area contributed by atoms with E-state index in [1.165, 1.54) is 5.56 Å². The van der Waals surface area contributed by atoms with Crippen molar-refractivity contribution in [2.45, 2.75) is 45.1 Å². The first kappa shape index (κ1) is 11.5. The number of aliphatic hydroxyl groups is 1. The topological polar surface area (TPSA) is 29.5 Å². The zero-order valence-corrected chi connectivity index (χ0v) is 10.5. The predicted molar refractivity (Wildman–Crippen MR) is 65.0 cm³/mol. The Morgan fingerprint density at radius 2 is 1.94 bits per heavy atom. The van der Waals surface area contributed by atoms with Crippen molar-refractivity contribution in [3.05, 3.63) is 28.8 Å². The number of hydrogen-bond donors (Lipinski definition) is 1. The van der Waals surface area contributed by atoms with Crippen LogP contribution >= 0.6 is 0 Å². The highest BCUT2D eigenvalue weighted by atomic mass is 16.5. The molecule has 0 atom stereocenters. The lowest BCUT2D eigenvalue weighted by atomic mass is 9.93. The molecule has 0 heterocycles. The fourth-order valence-corrected chi connectivity index (χ4v) is 2.22. The molecule has 0 amide bonds. The fraction of sp³-hybridized carbons (Fsp3) is 0.571. The summed E-state index contributed by atoms with van der Waals surface area (Å²) in [6.45, 7) is 6.33. The molecule has 1 fully saturated rings. The van der Waals surface area contributed by atoms with Crippen molar-refractivity contribution in [2.75, 3.05) is 7.11 Å². The van der Waals surface area contributed by atoms with E-state index in [-0.39, 0.29) is 0 Å². The Morgan fingerprint density at radius 3 is 2.38 bits per heavy atom. The molecule has 1 aliphatic carbocycles. The Morgan fingerprint density at radius 1 is 1.31 bits per heavy atom. The highest BCUT2D eigenvalue weighted by Crippen LogP contribution is 2.48. The molecule has 0 aliphatic heterocycles. The first-order valence-electron chi connectivity index (χ1n) is 5.89. The molecule has 1 aromatic carbocycles. The largest absolute Gasteiger partial charge is 0.496 e. The highest BCUT2D eigenvalue weighted by molar-refractivity contribution is 5.47. The van der Waals surface area contributed by atoms with Gasteiger partial charge in [0.05, 0.1) is 12.7 Å². The number of rotatable bonds is 3. The molecule has 1 saturated carbocycles. The number of aryl methyl sites for hydroxylation is 1. The summed E-state index contributed by atoms with van der Waals surface area (Å²) in [5.41, 5.74) is 2.83. The van der Waals surface area contributed by atoms with Crippen LogP contribution in [-0.2, 0) is 5.60 Å². The van der Waals surface area contributed by atoms with E-state index in [9.17, 15) is 5.11 Å². The quantitative estimate of drug-likeness (QED) is 0.848. The van der Waals surface area contributed by atoms with E-state index in [0.717, 1.165) is 29.7 Å². The Balaban J connectivity index is 2.52. The molecular weight excluding hydrogens is 200 g/mol. The number of hydrogen-bond acceptors (Lipinski definition) is 2. The van der Waals surface area contributed by atoms with Crippen molar-refractivity contribution in [3.63, 3.8) is 0 Å². The lowest BCUT2D eigenvalue weighted by Gasteiger charge is -2.18. The maximum Gasteiger partial charge on any atom is 0.122 e. The molecule has 0 spiro atoms. The van der Waals surface area contributed by atoms with Gasteiger partial charge in [0.25, 0.3) is 0 Å². The number of methoxy groups -OCH3 is 1. The Labute approximate surface area is 97.3 Å². The van der Waals surface area contributed by atoms with E-state index in [4.69, 9.17) is 4.74 Å². The van der Waals surface area contributed by atoms with E-state index in [2.05, 4.69) is 19.9 Å². The second-order valence-corrected chi connectivity index (χ2v) is 5.10. The predicted octanol–water partition coefficient (Wildman–Crippen LogP) is 3.11. The summed E-state index contributed by atoms with van der Waals surface area (Å²) in [5.74, 6) is 1.34. The third kappa shape index (κ3) is 1.82. The van der Waals surface area contributed by atoms with Crippen LogP contribution in [0.1, 0.15) is 49.3 Å². The summed E-state index contributed by atoms with van der Waals surface area (Å²) in [4.78, 5) is 0. The van der Waals surface area contributed by atoms with Crippen molar-refractivity contribution >= 4 is 0 Å². The summed E-state index contributed by atoms with van der Waals surface area (Å²) < 4.78 is 5.39. The zero-order chi connectivity index (χ0) is 11.9. The van der Waals surface area contributed by atoms with Gasteiger partial charge >= 0.3 is 0 Å². The van der Waals surface area contributed by atoms with E-state index in [1.807, 2.05) is 13.0 Å². The van der Waals surface area contributed by atoms with Gasteiger partial charge in [-0.25, -0.2) is 0 Å². The molecule has 0 saturated heterocycles. The van der Waals surface area contributed by atoms with Crippen LogP contribution in [0, 0.1) is 6.92 Å². The van der Waals surface area contributed by atoms with Gasteiger partial charge in [-0.3, -0.25) is 0 Å². The smallest absolute Gasteiger partial charge is 0.122 e. The maximum atomic E-state index is 10.2. The molecule has 88 valence electrons. The molecule has 2 nitrogen and oxygen atoms in total. The van der Waals surface area contributed by atoms with Crippen LogP contribution in [0.5, 0.6) is 5.75 Å². The van der Waals surface area contributed by atoms with Gasteiger partial charge in [-0.05, 0) is 54.5 Å². The second-order valence-electron chi connectivity index (χ2n) is 5.10. The van der Waals surface area contributed by atoms with Gasteiger partial charge in [0.2, 0.25) is 0 Å². The van der Waals surface area contributed by atoms with Gasteiger partial charge in [-0.2, -0.15) is 0 Å². The third-order valence-corrected chi connectivity index (χ3v) is 3.42. The van der Waals surface area contributed by atoms with E-state index in [1.54, 1.807) is 7.11 Å². The average molecular weight is 220 g/mol. The van der Waals surface area contributed by atoms with Crippen LogP contribution in [0.25, 0.3) is 0 Å². The first-order valence-corrected chi connectivity index (χ1v) is 5.89. The molecule has 0 unspecified atom stereocenters. The highest BCUT2D eigenvalue weighted by Gasteiger charge is 2.43. The van der Waals surface area contributed by atoms with Crippen molar-refractivity contribution in [1.29, 1.82) is 0 Å². The van der Waals surface area contributed by atoms with Crippen molar-refractivity contribution in [3.8, 4) is 5.75 Å². The van der Waals surface area contributed by atoms with Crippen molar-refractivity contribution < 1.29 is 9.84 Å². The van der Waals surface area contributed by atoms with Gasteiger partial charge in [-0.1, -0.05) is 13.8 Å². The Kier molecular flexibility index (Phi) is 2.70. The molecule has 2 rings (SSSR count). The third-order valence-electron chi connectivity index (χ3n) is 3.42. The zero-order valence-electron chi connectivity index (χ0n) is 10.5. The van der Waals surface area contributed by atoms with Gasteiger partial charge in [-0.15, -0.1) is 0 Å². The van der Waals surface area contributed by atoms with Crippen LogP contribution in [0.3, 0.4) is 0 Å². The lowest BCUT2D eigenvalue weighted by Crippen LogP contribution is -2.09. The minimum Gasteiger partial charge on any atom is -0.496 e. The normalized spacial score (nSPS) is 17.6. The van der Waals surface area contributed by atoms with E-state index in [0.29, 0.717) is 5.92 Å². The van der Waals surface area contributed by atoms with Crippen LogP contribution < -0.4 is 4.74 Å². The minimum atomic E-state index is -0.556. The minimum absolute atomic E-state index is 0.414. The van der Waals surface area contributed by atoms with Gasteiger partial charge in [0.1, 0.15) is 5.75 Å². The molecule has 0 aromatic heterocycles. The SMILES string of the molecule is COc1cc(C)c(C2(O)CC2)cc1C(C)C. The summed E-state index contributed by atoms with van der Waals surface area (Å²) in [6, 6.07) is 4.16. The van der Waals surface area contributed by atoms with E-state index >= 15 is 0 Å². The number of ether oxygens (including phenoxy) is 1. The Bertz CT molecular complexity index is 403. The summed E-state index contributed by atoms with van der Waals surface area (Å²) >= 11 is 0. The molecule has 1 aliphatic rings. The lowest BCUT2D eigenvalue weighted by molar-refractivity contribution is 0.150. The van der Waals surface area contributed by atoms with Crippen LogP contribution in [0.4, 0.5) is 0 Å².